The maximum Gasteiger partial charge on any atom is 0.306 e. The molecule has 128 valence electrons. The third-order valence-electron chi connectivity index (χ3n) is 4.17. The molecule has 2 unspecified atom stereocenters. The number of hydrogen-bond donors (Lipinski definition) is 1. The number of ether oxygens (including phenoxy) is 1. The minimum absolute atomic E-state index is 0.192. The maximum atomic E-state index is 11.7. The van der Waals surface area contributed by atoms with Gasteiger partial charge >= 0.3 is 5.97 Å². The van der Waals surface area contributed by atoms with Gasteiger partial charge in [0.05, 0.1) is 25.1 Å². The van der Waals surface area contributed by atoms with Crippen molar-refractivity contribution in [3.05, 3.63) is 58.0 Å². The van der Waals surface area contributed by atoms with Gasteiger partial charge in [-0.3, -0.25) is 9.89 Å². The molecule has 6 nitrogen and oxygen atoms in total. The molecule has 0 bridgehead atoms. The number of nitrogens with one attached hydrogen (secondary N) is 1. The van der Waals surface area contributed by atoms with E-state index in [9.17, 15) is 4.79 Å². The van der Waals surface area contributed by atoms with Crippen LogP contribution in [0.25, 0.3) is 4.85 Å². The zero-order chi connectivity index (χ0) is 17.8. The van der Waals surface area contributed by atoms with Crippen molar-refractivity contribution in [2.75, 3.05) is 6.61 Å². The van der Waals surface area contributed by atoms with Gasteiger partial charge in [-0.15, -0.1) is 0 Å². The lowest BCUT2D eigenvalue weighted by Crippen LogP contribution is -2.29. The first kappa shape index (κ1) is 17.2. The quantitative estimate of drug-likeness (QED) is 0.652. The molecule has 0 saturated carbocycles. The highest BCUT2D eigenvalue weighted by molar-refractivity contribution is 6.31. The van der Waals surface area contributed by atoms with E-state index in [0.29, 0.717) is 29.6 Å². The predicted molar refractivity (Wildman–Crippen MR) is 95.2 cm³/mol. The van der Waals surface area contributed by atoms with Gasteiger partial charge in [0.25, 0.3) is 6.04 Å². The van der Waals surface area contributed by atoms with Crippen molar-refractivity contribution in [2.24, 2.45) is 4.99 Å². The van der Waals surface area contributed by atoms with Crippen molar-refractivity contribution in [3.8, 4) is 0 Å². The summed E-state index contributed by atoms with van der Waals surface area (Å²) in [7, 11) is 0. The van der Waals surface area contributed by atoms with Crippen LogP contribution >= 0.6 is 11.6 Å². The van der Waals surface area contributed by atoms with Gasteiger partial charge < -0.3 is 9.58 Å². The molecule has 1 N–H and O–H groups in total. The molecule has 0 spiro atoms. The second kappa shape index (κ2) is 7.49. The Bertz CT molecular complexity index is 853. The summed E-state index contributed by atoms with van der Waals surface area (Å²) in [5.74, 6) is 0.0527. The molecule has 0 saturated heterocycles. The number of carbonyl (C=O) groups is 1. The molecule has 1 aliphatic rings. The summed E-state index contributed by atoms with van der Waals surface area (Å²) in [4.78, 5) is 20.0. The topological polar surface area (TPSA) is 71.7 Å². The Morgan fingerprint density at radius 3 is 2.92 bits per heavy atom. The van der Waals surface area contributed by atoms with Crippen LogP contribution in [0.1, 0.15) is 36.8 Å². The van der Waals surface area contributed by atoms with E-state index in [1.807, 2.05) is 24.3 Å². The van der Waals surface area contributed by atoms with E-state index in [1.165, 1.54) is 0 Å². The number of rotatable bonds is 5. The number of aromatic amines is 1. The summed E-state index contributed by atoms with van der Waals surface area (Å²) < 4.78 is 4.97. The molecule has 2 heterocycles. The summed E-state index contributed by atoms with van der Waals surface area (Å²) >= 11 is 6.38. The van der Waals surface area contributed by atoms with Gasteiger partial charge in [-0.1, -0.05) is 29.8 Å². The second-order valence-electron chi connectivity index (χ2n) is 5.66. The molecule has 1 aliphatic heterocycles. The maximum absolute atomic E-state index is 11.7. The van der Waals surface area contributed by atoms with Crippen molar-refractivity contribution in [1.29, 1.82) is 0 Å². The Morgan fingerprint density at radius 2 is 2.20 bits per heavy atom. The number of benzene rings is 1. The Morgan fingerprint density at radius 1 is 1.40 bits per heavy atom. The fourth-order valence-electron chi connectivity index (χ4n) is 3.06. The molecule has 0 amide bonds. The Labute approximate surface area is 150 Å². The number of halogens is 1. The van der Waals surface area contributed by atoms with Crippen LogP contribution in [-0.2, 0) is 9.53 Å². The van der Waals surface area contributed by atoms with E-state index in [0.717, 1.165) is 11.1 Å². The molecule has 2 atom stereocenters. The van der Waals surface area contributed by atoms with E-state index in [4.69, 9.17) is 22.9 Å². The molecule has 25 heavy (non-hydrogen) atoms. The van der Waals surface area contributed by atoms with Crippen molar-refractivity contribution in [2.45, 2.75) is 31.7 Å². The lowest BCUT2D eigenvalue weighted by atomic mass is 9.81. The molecule has 2 aromatic rings. The molecule has 0 aliphatic carbocycles. The normalized spacial score (nSPS) is 18.8. The number of nitrogens with zero attached hydrogens (tertiary/aromatic N) is 3. The lowest BCUT2D eigenvalue weighted by Gasteiger charge is -2.24. The van der Waals surface area contributed by atoms with Crippen LogP contribution in [0.15, 0.2) is 35.5 Å². The van der Waals surface area contributed by atoms with E-state index in [2.05, 4.69) is 20.0 Å². The first-order valence-electron chi connectivity index (χ1n) is 8.03. The Balaban J connectivity index is 1.97. The van der Waals surface area contributed by atoms with Crippen LogP contribution in [0.5, 0.6) is 0 Å². The van der Waals surface area contributed by atoms with Crippen molar-refractivity contribution in [3.63, 3.8) is 0 Å². The Hall–Kier alpha value is -2.65. The van der Waals surface area contributed by atoms with Gasteiger partial charge in [-0.25, -0.2) is 11.6 Å². The van der Waals surface area contributed by atoms with E-state index >= 15 is 0 Å². The summed E-state index contributed by atoms with van der Waals surface area (Å²) in [6.45, 7) is 9.80. The zero-order valence-corrected chi connectivity index (χ0v) is 14.5. The highest BCUT2D eigenvalue weighted by Gasteiger charge is 2.41. The van der Waals surface area contributed by atoms with Gasteiger partial charge in [0.1, 0.15) is 5.71 Å². The average molecular weight is 357 g/mol. The van der Waals surface area contributed by atoms with Crippen LogP contribution in [0.4, 0.5) is 5.82 Å². The summed E-state index contributed by atoms with van der Waals surface area (Å²) in [6.07, 6.45) is 2.25. The summed E-state index contributed by atoms with van der Waals surface area (Å²) in [5, 5.41) is 7.53. The number of hydrogen-bond acceptors (Lipinski definition) is 4. The number of fused-ring (bicyclic) bond motifs is 1. The highest BCUT2D eigenvalue weighted by atomic mass is 35.5. The number of carbonyl (C=O) groups excluding carboxylic acids is 1. The number of aromatic nitrogens is 2. The Kier molecular flexibility index (Phi) is 5.15. The number of esters is 1. The van der Waals surface area contributed by atoms with Gasteiger partial charge in [0, 0.05) is 17.0 Å². The lowest BCUT2D eigenvalue weighted by molar-refractivity contribution is -0.142. The molecular formula is C18H17ClN4O2. The van der Waals surface area contributed by atoms with Gasteiger partial charge in [0.15, 0.2) is 5.82 Å². The number of aliphatic imine (C=N–C) groups is 1. The third-order valence-corrected chi connectivity index (χ3v) is 4.51. The standard InChI is InChI=1S/C18H17ClN4O2/c1-3-25-15(24)9-8-14-17(20-2)16(11-6-4-5-7-13(11)19)12-10-21-23-18(12)22-14/h4-7,10,16-17H,3,8-9H2,1H3,(H,21,23). The molecule has 1 aromatic carbocycles. The fourth-order valence-corrected chi connectivity index (χ4v) is 3.31. The molecule has 3 rings (SSSR count). The molecule has 0 radical (unpaired) electrons. The first-order valence-corrected chi connectivity index (χ1v) is 8.40. The molecule has 7 heteroatoms. The SMILES string of the molecule is [C-]#[N+]C1C(CCC(=O)OCC)=Nc2[nH]ncc2C1c1ccccc1Cl. The minimum atomic E-state index is -0.528. The van der Waals surface area contributed by atoms with Crippen LogP contribution in [0, 0.1) is 6.57 Å². The van der Waals surface area contributed by atoms with Crippen LogP contribution < -0.4 is 0 Å². The van der Waals surface area contributed by atoms with Crippen LogP contribution in [-0.4, -0.2) is 34.5 Å². The van der Waals surface area contributed by atoms with Gasteiger partial charge in [-0.2, -0.15) is 5.10 Å². The van der Waals surface area contributed by atoms with Crippen LogP contribution in [0.3, 0.4) is 0 Å². The van der Waals surface area contributed by atoms with Gasteiger partial charge in [0.2, 0.25) is 0 Å². The third kappa shape index (κ3) is 3.42. The second-order valence-corrected chi connectivity index (χ2v) is 6.06. The molecule has 1 aromatic heterocycles. The molecular weight excluding hydrogens is 340 g/mol. The summed E-state index contributed by atoms with van der Waals surface area (Å²) in [6, 6.07) is 6.94. The average Bonchev–Trinajstić information content (AvgIpc) is 3.07. The zero-order valence-electron chi connectivity index (χ0n) is 13.7. The number of H-pyrrole nitrogens is 1. The van der Waals surface area contributed by atoms with Crippen molar-refractivity contribution < 1.29 is 9.53 Å². The van der Waals surface area contributed by atoms with Crippen molar-refractivity contribution in [1.82, 2.24) is 10.2 Å². The molecule has 0 fully saturated rings. The largest absolute Gasteiger partial charge is 0.466 e. The fraction of sp³-hybridized carbons (Fsp3) is 0.333. The van der Waals surface area contributed by atoms with E-state index in [1.54, 1.807) is 13.1 Å². The van der Waals surface area contributed by atoms with Gasteiger partial charge in [-0.05, 0) is 18.6 Å². The highest BCUT2D eigenvalue weighted by Crippen LogP contribution is 2.42. The van der Waals surface area contributed by atoms with E-state index in [-0.39, 0.29) is 18.3 Å². The summed E-state index contributed by atoms with van der Waals surface area (Å²) in [5.41, 5.74) is 2.34. The predicted octanol–water partition coefficient (Wildman–Crippen LogP) is 3.91. The smallest absolute Gasteiger partial charge is 0.306 e. The van der Waals surface area contributed by atoms with Crippen molar-refractivity contribution >= 4 is 29.1 Å². The van der Waals surface area contributed by atoms with Crippen LogP contribution in [0.2, 0.25) is 5.02 Å². The first-order chi connectivity index (χ1) is 12.2. The minimum Gasteiger partial charge on any atom is -0.466 e. The van der Waals surface area contributed by atoms with E-state index < -0.39 is 6.04 Å². The monoisotopic (exact) mass is 356 g/mol.